The second kappa shape index (κ2) is 7.74. The van der Waals surface area contributed by atoms with E-state index in [2.05, 4.69) is 0 Å². The number of hydrogen-bond donors (Lipinski definition) is 0. The van der Waals surface area contributed by atoms with Gasteiger partial charge in [0.25, 0.3) is 0 Å². The molecular formula is C18H21NO6S. The van der Waals surface area contributed by atoms with Crippen molar-refractivity contribution in [1.82, 2.24) is 4.57 Å². The highest BCUT2D eigenvalue weighted by atomic mass is 32.2. The summed E-state index contributed by atoms with van der Waals surface area (Å²) in [5.74, 6) is -0.205. The fourth-order valence-electron chi connectivity index (χ4n) is 2.51. The smallest absolute Gasteiger partial charge is 0.189 e. The highest BCUT2D eigenvalue weighted by molar-refractivity contribution is 7.90. The van der Waals surface area contributed by atoms with Crippen molar-refractivity contribution in [3.05, 3.63) is 57.5 Å². The molecule has 1 heterocycles. The molecule has 0 radical (unpaired) electrons. The molecule has 0 unspecified atom stereocenters. The predicted molar refractivity (Wildman–Crippen MR) is 97.8 cm³/mol. The van der Waals surface area contributed by atoms with Crippen LogP contribution in [-0.4, -0.2) is 38.1 Å². The molecule has 0 aliphatic heterocycles. The number of Topliss-reactive ketones (excluding diaryl/α,β-unsaturated/α-hetero) is 1. The first-order valence-electron chi connectivity index (χ1n) is 7.80. The van der Waals surface area contributed by atoms with Crippen LogP contribution in [0, 0.1) is 13.8 Å². The van der Waals surface area contributed by atoms with Gasteiger partial charge in [-0.3, -0.25) is 9.59 Å². The Morgan fingerprint density at radius 1 is 1.08 bits per heavy atom. The minimum absolute atomic E-state index is 0.0514. The molecule has 0 atom stereocenters. The standard InChI is InChI=1S/C18H21NO6S/c1-12-7-15(20)8-13(2)19(12)10-16(21)14-5-6-17(24-3)18(9-14)25-11-26(4,22)23/h5-9H,10-11H2,1-4H3. The quantitative estimate of drug-likeness (QED) is 0.681. The number of aromatic nitrogens is 1. The number of nitrogens with zero attached hydrogens (tertiary/aromatic N) is 1. The summed E-state index contributed by atoms with van der Waals surface area (Å²) in [6, 6.07) is 7.53. The molecule has 8 heteroatoms. The van der Waals surface area contributed by atoms with Gasteiger partial charge < -0.3 is 14.0 Å². The molecule has 0 saturated heterocycles. The molecule has 7 nitrogen and oxygen atoms in total. The number of methoxy groups -OCH3 is 1. The highest BCUT2D eigenvalue weighted by Gasteiger charge is 2.15. The molecule has 0 bridgehead atoms. The second-order valence-electron chi connectivity index (χ2n) is 6.04. The van der Waals surface area contributed by atoms with Crippen LogP contribution in [0.4, 0.5) is 0 Å². The number of ketones is 1. The van der Waals surface area contributed by atoms with Crippen molar-refractivity contribution >= 4 is 15.6 Å². The van der Waals surface area contributed by atoms with Crippen molar-refractivity contribution < 1.29 is 22.7 Å². The average molecular weight is 379 g/mol. The minimum Gasteiger partial charge on any atom is -0.493 e. The Morgan fingerprint density at radius 3 is 2.23 bits per heavy atom. The zero-order valence-electron chi connectivity index (χ0n) is 15.1. The Hall–Kier alpha value is -2.61. The van der Waals surface area contributed by atoms with Crippen molar-refractivity contribution in [2.45, 2.75) is 20.4 Å². The van der Waals surface area contributed by atoms with E-state index in [0.717, 1.165) is 6.26 Å². The summed E-state index contributed by atoms with van der Waals surface area (Å²) >= 11 is 0. The molecule has 0 amide bonds. The third-order valence-electron chi connectivity index (χ3n) is 3.77. The molecule has 0 N–H and O–H groups in total. The molecule has 140 valence electrons. The van der Waals surface area contributed by atoms with Crippen LogP contribution in [0.1, 0.15) is 21.7 Å². The van der Waals surface area contributed by atoms with Crippen LogP contribution < -0.4 is 14.9 Å². The maximum absolute atomic E-state index is 12.6. The van der Waals surface area contributed by atoms with Gasteiger partial charge in [-0.05, 0) is 32.0 Å². The number of hydrogen-bond acceptors (Lipinski definition) is 6. The van der Waals surface area contributed by atoms with Crippen molar-refractivity contribution in [3.8, 4) is 11.5 Å². The number of ether oxygens (including phenoxy) is 2. The molecule has 0 fully saturated rings. The van der Waals surface area contributed by atoms with Gasteiger partial charge in [0.2, 0.25) is 0 Å². The van der Waals surface area contributed by atoms with Crippen LogP contribution in [0.5, 0.6) is 11.5 Å². The Morgan fingerprint density at radius 2 is 1.69 bits per heavy atom. The molecule has 0 aliphatic carbocycles. The Bertz CT molecular complexity index is 965. The van der Waals surface area contributed by atoms with Gasteiger partial charge in [0.15, 0.2) is 38.5 Å². The zero-order valence-corrected chi connectivity index (χ0v) is 15.9. The monoisotopic (exact) mass is 379 g/mol. The van der Waals surface area contributed by atoms with Crippen molar-refractivity contribution in [2.75, 3.05) is 19.3 Å². The third kappa shape index (κ3) is 4.95. The summed E-state index contributed by atoms with van der Waals surface area (Å²) in [4.78, 5) is 24.2. The predicted octanol–water partition coefficient (Wildman–Crippen LogP) is 1.74. The van der Waals surface area contributed by atoms with E-state index < -0.39 is 15.8 Å². The SMILES string of the molecule is COc1ccc(C(=O)Cn2c(C)cc(=O)cc2C)cc1OCS(C)(=O)=O. The molecular weight excluding hydrogens is 358 g/mol. The first-order chi connectivity index (χ1) is 12.1. The lowest BCUT2D eigenvalue weighted by atomic mass is 10.1. The van der Waals surface area contributed by atoms with Gasteiger partial charge in [-0.1, -0.05) is 0 Å². The normalized spacial score (nSPS) is 11.2. The molecule has 0 aliphatic rings. The maximum atomic E-state index is 12.6. The lowest BCUT2D eigenvalue weighted by Gasteiger charge is -2.15. The van der Waals surface area contributed by atoms with Gasteiger partial charge in [0.1, 0.15) is 0 Å². The number of aryl methyl sites for hydroxylation is 2. The molecule has 1 aromatic heterocycles. The van der Waals surface area contributed by atoms with Crippen LogP contribution in [0.25, 0.3) is 0 Å². The van der Waals surface area contributed by atoms with Crippen LogP contribution in [0.3, 0.4) is 0 Å². The topological polar surface area (TPSA) is 91.7 Å². The second-order valence-corrected chi connectivity index (χ2v) is 8.12. The highest BCUT2D eigenvalue weighted by Crippen LogP contribution is 2.28. The number of carbonyl (C=O) groups is 1. The number of rotatable bonds is 7. The summed E-state index contributed by atoms with van der Waals surface area (Å²) < 4.78 is 34.8. The first kappa shape index (κ1) is 19.7. The maximum Gasteiger partial charge on any atom is 0.189 e. The average Bonchev–Trinajstić information content (AvgIpc) is 2.55. The van der Waals surface area contributed by atoms with E-state index in [-0.39, 0.29) is 23.5 Å². The van der Waals surface area contributed by atoms with Crippen molar-refractivity contribution in [1.29, 1.82) is 0 Å². The fourth-order valence-corrected chi connectivity index (χ4v) is 2.85. The summed E-state index contributed by atoms with van der Waals surface area (Å²) in [6.07, 6.45) is 1.05. The molecule has 2 rings (SSSR count). The molecule has 0 saturated carbocycles. The van der Waals surface area contributed by atoms with Gasteiger partial charge in [0, 0.05) is 35.3 Å². The molecule has 26 heavy (non-hydrogen) atoms. The summed E-state index contributed by atoms with van der Waals surface area (Å²) in [6.45, 7) is 3.57. The van der Waals surface area contributed by atoms with Gasteiger partial charge >= 0.3 is 0 Å². The van der Waals surface area contributed by atoms with Gasteiger partial charge in [-0.2, -0.15) is 0 Å². The van der Waals surface area contributed by atoms with Crippen LogP contribution >= 0.6 is 0 Å². The number of benzene rings is 1. The van der Waals surface area contributed by atoms with E-state index in [1.807, 2.05) is 0 Å². The van der Waals surface area contributed by atoms with Gasteiger partial charge in [-0.25, -0.2) is 8.42 Å². The zero-order chi connectivity index (χ0) is 19.5. The first-order valence-corrected chi connectivity index (χ1v) is 9.86. The Balaban J connectivity index is 2.30. The number of carbonyl (C=O) groups excluding carboxylic acids is 1. The van der Waals surface area contributed by atoms with E-state index in [0.29, 0.717) is 22.7 Å². The van der Waals surface area contributed by atoms with Crippen molar-refractivity contribution in [3.63, 3.8) is 0 Å². The van der Waals surface area contributed by atoms with Crippen molar-refractivity contribution in [2.24, 2.45) is 0 Å². The van der Waals surface area contributed by atoms with E-state index in [4.69, 9.17) is 9.47 Å². The summed E-state index contributed by atoms with van der Waals surface area (Å²) in [5, 5.41) is 0. The van der Waals surface area contributed by atoms with Crippen LogP contribution in [0.2, 0.25) is 0 Å². The van der Waals surface area contributed by atoms with Gasteiger partial charge in [0.05, 0.1) is 13.7 Å². The minimum atomic E-state index is -3.34. The molecule has 2 aromatic rings. The Labute approximate surface area is 152 Å². The number of pyridine rings is 1. The molecule has 0 spiro atoms. The lowest BCUT2D eigenvalue weighted by molar-refractivity contribution is 0.0970. The fraction of sp³-hybridized carbons (Fsp3) is 0.333. The van der Waals surface area contributed by atoms with Gasteiger partial charge in [-0.15, -0.1) is 0 Å². The van der Waals surface area contributed by atoms with E-state index in [1.165, 1.54) is 25.3 Å². The largest absolute Gasteiger partial charge is 0.493 e. The molecule has 1 aromatic carbocycles. The van der Waals surface area contributed by atoms with E-state index in [9.17, 15) is 18.0 Å². The summed E-state index contributed by atoms with van der Waals surface area (Å²) in [7, 11) is -1.91. The van der Waals surface area contributed by atoms with E-state index >= 15 is 0 Å². The third-order valence-corrected chi connectivity index (χ3v) is 4.32. The van der Waals surface area contributed by atoms with E-state index in [1.54, 1.807) is 30.5 Å². The van der Waals surface area contributed by atoms with Crippen LogP contribution in [-0.2, 0) is 16.4 Å². The summed E-state index contributed by atoms with van der Waals surface area (Å²) in [5.41, 5.74) is 1.62. The Kier molecular flexibility index (Phi) is 5.86. The van der Waals surface area contributed by atoms with Crippen LogP contribution in [0.15, 0.2) is 35.1 Å². The number of sulfone groups is 1. The lowest BCUT2D eigenvalue weighted by Crippen LogP contribution is -2.18.